The number of anilines is 1. The normalized spacial score (nSPS) is 11.9. The standard InChI is InChI=1S/C17H17BrFN3O3S/c1-12(13-5-3-6-14(18)9-13)20-21-17(23)11-22(26(2,24)25)16-8-4-7-15(19)10-16/h3-10H,11H2,1-2H3,(H,21,23)/b20-12-. The van der Waals surface area contributed by atoms with Gasteiger partial charge in [-0.15, -0.1) is 0 Å². The van der Waals surface area contributed by atoms with E-state index in [0.29, 0.717) is 5.71 Å². The Morgan fingerprint density at radius 2 is 1.92 bits per heavy atom. The van der Waals surface area contributed by atoms with Crippen molar-refractivity contribution in [2.45, 2.75) is 6.92 Å². The smallest absolute Gasteiger partial charge is 0.260 e. The van der Waals surface area contributed by atoms with Gasteiger partial charge in [-0.1, -0.05) is 34.1 Å². The van der Waals surface area contributed by atoms with Crippen molar-refractivity contribution >= 4 is 43.3 Å². The van der Waals surface area contributed by atoms with Crippen LogP contribution >= 0.6 is 15.9 Å². The van der Waals surface area contributed by atoms with E-state index in [1.54, 1.807) is 6.92 Å². The predicted octanol–water partition coefficient (Wildman–Crippen LogP) is 2.89. The monoisotopic (exact) mass is 441 g/mol. The fourth-order valence-electron chi connectivity index (χ4n) is 2.12. The number of amides is 1. The minimum Gasteiger partial charge on any atom is -0.271 e. The number of hydrogen-bond donors (Lipinski definition) is 1. The number of nitrogens with one attached hydrogen (secondary N) is 1. The van der Waals surface area contributed by atoms with E-state index in [2.05, 4.69) is 26.5 Å². The average Bonchev–Trinajstić information content (AvgIpc) is 2.56. The number of halogens is 2. The number of carbonyl (C=O) groups excluding carboxylic acids is 1. The summed E-state index contributed by atoms with van der Waals surface area (Å²) in [7, 11) is -3.77. The molecule has 0 radical (unpaired) electrons. The van der Waals surface area contributed by atoms with E-state index >= 15 is 0 Å². The van der Waals surface area contributed by atoms with Crippen molar-refractivity contribution in [1.82, 2.24) is 5.43 Å². The van der Waals surface area contributed by atoms with Crippen LogP contribution in [0.5, 0.6) is 0 Å². The van der Waals surface area contributed by atoms with Gasteiger partial charge in [-0.3, -0.25) is 9.10 Å². The van der Waals surface area contributed by atoms with Crippen LogP contribution in [0.1, 0.15) is 12.5 Å². The van der Waals surface area contributed by atoms with Gasteiger partial charge in [0.15, 0.2) is 0 Å². The molecule has 0 spiro atoms. The van der Waals surface area contributed by atoms with Gasteiger partial charge in [-0.05, 0) is 42.8 Å². The van der Waals surface area contributed by atoms with Crippen LogP contribution in [0, 0.1) is 5.82 Å². The first-order valence-electron chi connectivity index (χ1n) is 7.49. The molecular formula is C17H17BrFN3O3S. The Kier molecular flexibility index (Phi) is 6.49. The second kappa shape index (κ2) is 8.41. The zero-order chi connectivity index (χ0) is 19.3. The molecule has 26 heavy (non-hydrogen) atoms. The van der Waals surface area contributed by atoms with Crippen LogP contribution in [-0.4, -0.2) is 32.8 Å². The van der Waals surface area contributed by atoms with E-state index in [0.717, 1.165) is 26.7 Å². The fourth-order valence-corrected chi connectivity index (χ4v) is 3.37. The van der Waals surface area contributed by atoms with Crippen LogP contribution in [0.4, 0.5) is 10.1 Å². The summed E-state index contributed by atoms with van der Waals surface area (Å²) in [5, 5.41) is 3.98. The lowest BCUT2D eigenvalue weighted by atomic mass is 10.1. The number of carbonyl (C=O) groups is 1. The highest BCUT2D eigenvalue weighted by atomic mass is 79.9. The van der Waals surface area contributed by atoms with Crippen molar-refractivity contribution in [3.63, 3.8) is 0 Å². The van der Waals surface area contributed by atoms with Crippen LogP contribution in [0.15, 0.2) is 58.1 Å². The number of hydrogen-bond acceptors (Lipinski definition) is 4. The molecule has 0 aliphatic heterocycles. The maximum absolute atomic E-state index is 13.4. The highest BCUT2D eigenvalue weighted by molar-refractivity contribution is 9.10. The molecule has 0 unspecified atom stereocenters. The summed E-state index contributed by atoms with van der Waals surface area (Å²) in [6.45, 7) is 1.19. The van der Waals surface area contributed by atoms with Crippen molar-refractivity contribution in [2.75, 3.05) is 17.1 Å². The van der Waals surface area contributed by atoms with Crippen LogP contribution in [0.3, 0.4) is 0 Å². The Labute approximate surface area is 159 Å². The van der Waals surface area contributed by atoms with E-state index in [-0.39, 0.29) is 5.69 Å². The van der Waals surface area contributed by atoms with Crippen molar-refractivity contribution in [3.8, 4) is 0 Å². The number of rotatable bonds is 6. The van der Waals surface area contributed by atoms with Gasteiger partial charge in [0.05, 0.1) is 17.7 Å². The van der Waals surface area contributed by atoms with Crippen molar-refractivity contribution < 1.29 is 17.6 Å². The SMILES string of the molecule is C/C(=N/NC(=O)CN(c1cccc(F)c1)S(C)(=O)=O)c1cccc(Br)c1. The lowest BCUT2D eigenvalue weighted by molar-refractivity contribution is -0.119. The average molecular weight is 442 g/mol. The Balaban J connectivity index is 2.14. The van der Waals surface area contributed by atoms with Gasteiger partial charge in [-0.25, -0.2) is 18.2 Å². The van der Waals surface area contributed by atoms with E-state index in [4.69, 9.17) is 0 Å². The number of nitrogens with zero attached hydrogens (tertiary/aromatic N) is 2. The molecule has 0 aliphatic rings. The van der Waals surface area contributed by atoms with Crippen molar-refractivity contribution in [2.24, 2.45) is 5.10 Å². The maximum Gasteiger partial charge on any atom is 0.260 e. The molecule has 2 aromatic rings. The summed E-state index contributed by atoms with van der Waals surface area (Å²) in [5.74, 6) is -1.24. The Morgan fingerprint density at radius 1 is 1.23 bits per heavy atom. The summed E-state index contributed by atoms with van der Waals surface area (Å²) in [5.41, 5.74) is 3.73. The maximum atomic E-state index is 13.4. The molecule has 0 atom stereocenters. The van der Waals surface area contributed by atoms with E-state index in [1.807, 2.05) is 24.3 Å². The van der Waals surface area contributed by atoms with Crippen molar-refractivity contribution in [3.05, 3.63) is 64.4 Å². The quantitative estimate of drug-likeness (QED) is 0.552. The van der Waals surface area contributed by atoms with Crippen molar-refractivity contribution in [1.29, 1.82) is 0 Å². The minimum absolute atomic E-state index is 0.0651. The van der Waals surface area contributed by atoms with Gasteiger partial charge in [0.1, 0.15) is 12.4 Å². The van der Waals surface area contributed by atoms with E-state index in [1.165, 1.54) is 18.2 Å². The second-order valence-corrected chi connectivity index (χ2v) is 8.31. The van der Waals surface area contributed by atoms with Gasteiger partial charge in [-0.2, -0.15) is 5.10 Å². The van der Waals surface area contributed by atoms with Crippen LogP contribution in [0.2, 0.25) is 0 Å². The first-order chi connectivity index (χ1) is 12.2. The van der Waals surface area contributed by atoms with E-state index < -0.39 is 28.3 Å². The third-order valence-electron chi connectivity index (χ3n) is 3.37. The van der Waals surface area contributed by atoms with Gasteiger partial charge in [0.2, 0.25) is 10.0 Å². The fraction of sp³-hybridized carbons (Fsp3) is 0.176. The van der Waals surface area contributed by atoms with Crippen LogP contribution in [-0.2, 0) is 14.8 Å². The molecule has 0 fully saturated rings. The molecule has 2 aromatic carbocycles. The summed E-state index contributed by atoms with van der Waals surface area (Å²) in [6, 6.07) is 12.4. The van der Waals surface area contributed by atoms with Gasteiger partial charge < -0.3 is 0 Å². The first kappa shape index (κ1) is 20.1. The summed E-state index contributed by atoms with van der Waals surface area (Å²) in [4.78, 5) is 12.1. The molecule has 2 rings (SSSR count). The lowest BCUT2D eigenvalue weighted by Gasteiger charge is -2.21. The molecule has 0 saturated carbocycles. The Hall–Kier alpha value is -2.26. The second-order valence-electron chi connectivity index (χ2n) is 5.49. The molecular weight excluding hydrogens is 425 g/mol. The molecule has 0 aromatic heterocycles. The van der Waals surface area contributed by atoms with Gasteiger partial charge in [0, 0.05) is 4.47 Å². The number of hydrazone groups is 1. The number of benzene rings is 2. The van der Waals surface area contributed by atoms with Gasteiger partial charge in [0.25, 0.3) is 5.91 Å². The largest absolute Gasteiger partial charge is 0.271 e. The summed E-state index contributed by atoms with van der Waals surface area (Å²) >= 11 is 3.35. The third kappa shape index (κ3) is 5.63. The molecule has 0 aliphatic carbocycles. The number of sulfonamides is 1. The Morgan fingerprint density at radius 3 is 2.54 bits per heavy atom. The molecule has 1 N–H and O–H groups in total. The Bertz CT molecular complexity index is 948. The zero-order valence-electron chi connectivity index (χ0n) is 14.1. The lowest BCUT2D eigenvalue weighted by Crippen LogP contribution is -2.39. The van der Waals surface area contributed by atoms with Gasteiger partial charge >= 0.3 is 0 Å². The topological polar surface area (TPSA) is 78.8 Å². The molecule has 1 amide bonds. The summed E-state index contributed by atoms with van der Waals surface area (Å²) < 4.78 is 39.0. The predicted molar refractivity (Wildman–Crippen MR) is 103 cm³/mol. The summed E-state index contributed by atoms with van der Waals surface area (Å²) in [6.07, 6.45) is 0.946. The van der Waals surface area contributed by atoms with E-state index in [9.17, 15) is 17.6 Å². The zero-order valence-corrected chi connectivity index (χ0v) is 16.5. The molecule has 138 valence electrons. The molecule has 0 saturated heterocycles. The third-order valence-corrected chi connectivity index (χ3v) is 5.01. The first-order valence-corrected chi connectivity index (χ1v) is 10.1. The molecule has 0 heterocycles. The highest BCUT2D eigenvalue weighted by Gasteiger charge is 2.21. The van der Waals surface area contributed by atoms with Crippen LogP contribution < -0.4 is 9.73 Å². The minimum atomic E-state index is -3.77. The highest BCUT2D eigenvalue weighted by Crippen LogP contribution is 2.18. The van der Waals surface area contributed by atoms with Crippen LogP contribution in [0.25, 0.3) is 0 Å². The molecule has 6 nitrogen and oxygen atoms in total. The molecule has 9 heteroatoms. The molecule has 0 bridgehead atoms.